The van der Waals surface area contributed by atoms with Crippen LogP contribution in [0.1, 0.15) is 33.0 Å². The van der Waals surface area contributed by atoms with E-state index in [1.165, 1.54) is 11.0 Å². The van der Waals surface area contributed by atoms with Crippen molar-refractivity contribution < 1.29 is 27.1 Å². The predicted octanol–water partition coefficient (Wildman–Crippen LogP) is 5.49. The number of amides is 1. The quantitative estimate of drug-likeness (QED) is 0.493. The number of rotatable bonds is 2. The van der Waals surface area contributed by atoms with Crippen LogP contribution >= 0.6 is 11.6 Å². The third-order valence-electron chi connectivity index (χ3n) is 5.20. The van der Waals surface area contributed by atoms with Crippen LogP contribution in [0.4, 0.5) is 23.8 Å². The zero-order valence-corrected chi connectivity index (χ0v) is 18.7. The van der Waals surface area contributed by atoms with E-state index >= 15 is 0 Å². The Labute approximate surface area is 187 Å². The first-order valence-corrected chi connectivity index (χ1v) is 10.4. The van der Waals surface area contributed by atoms with E-state index in [1.807, 2.05) is 0 Å². The lowest BCUT2D eigenvalue weighted by molar-refractivity contribution is -0.144. The summed E-state index contributed by atoms with van der Waals surface area (Å²) in [4.78, 5) is 23.1. The van der Waals surface area contributed by atoms with Gasteiger partial charge in [-0.25, -0.2) is 14.8 Å². The van der Waals surface area contributed by atoms with Crippen molar-refractivity contribution in [1.82, 2.24) is 14.9 Å². The first-order chi connectivity index (χ1) is 14.8. The topological polar surface area (TPSA) is 71.7 Å². The molecule has 0 radical (unpaired) electrons. The number of halogens is 4. The number of fused-ring (bicyclic) bond motifs is 3. The molecule has 4 rings (SSSR count). The fourth-order valence-corrected chi connectivity index (χ4v) is 3.85. The van der Waals surface area contributed by atoms with Crippen LogP contribution < -0.4 is 4.90 Å². The Morgan fingerprint density at radius 2 is 2.00 bits per heavy atom. The summed E-state index contributed by atoms with van der Waals surface area (Å²) in [7, 11) is 1.61. The zero-order valence-electron chi connectivity index (χ0n) is 18.0. The van der Waals surface area contributed by atoms with Crippen molar-refractivity contribution in [2.75, 3.05) is 25.0 Å². The molecular weight excluding hydrogens is 449 g/mol. The average Bonchev–Trinajstić information content (AvgIpc) is 3.29. The van der Waals surface area contributed by atoms with Crippen LogP contribution in [-0.2, 0) is 10.9 Å². The molecule has 32 heavy (non-hydrogen) atoms. The highest BCUT2D eigenvalue weighted by Gasteiger charge is 2.39. The van der Waals surface area contributed by atoms with Crippen molar-refractivity contribution in [3.8, 4) is 0 Å². The summed E-state index contributed by atoms with van der Waals surface area (Å²) < 4.78 is 51.9. The van der Waals surface area contributed by atoms with Gasteiger partial charge in [-0.2, -0.15) is 13.2 Å². The SMILES string of the molecule is CN(C(=O)OC(C)(C)C)C1CCN(c2nc(C(F)(F)F)nc3c2oc2ccc(Cl)cc23)C1. The number of alkyl halides is 3. The minimum atomic E-state index is -4.74. The van der Waals surface area contributed by atoms with Crippen molar-refractivity contribution in [3.05, 3.63) is 29.0 Å². The fourth-order valence-electron chi connectivity index (χ4n) is 3.68. The largest absolute Gasteiger partial charge is 0.451 e. The van der Waals surface area contributed by atoms with Gasteiger partial charge in [-0.15, -0.1) is 0 Å². The third kappa shape index (κ3) is 4.28. The lowest BCUT2D eigenvalue weighted by Crippen LogP contribution is -2.42. The monoisotopic (exact) mass is 470 g/mol. The summed E-state index contributed by atoms with van der Waals surface area (Å²) in [5.74, 6) is -1.22. The molecule has 0 aliphatic carbocycles. The van der Waals surface area contributed by atoms with Gasteiger partial charge in [0.1, 0.15) is 16.7 Å². The molecule has 11 heteroatoms. The molecule has 1 aliphatic rings. The Morgan fingerprint density at radius 1 is 1.28 bits per heavy atom. The number of ether oxygens (including phenoxy) is 1. The van der Waals surface area contributed by atoms with Crippen molar-refractivity contribution in [2.45, 2.75) is 45.0 Å². The summed E-state index contributed by atoms with van der Waals surface area (Å²) in [6, 6.07) is 4.43. The molecular formula is C21H22ClF3N4O3. The highest BCUT2D eigenvalue weighted by molar-refractivity contribution is 6.31. The first-order valence-electron chi connectivity index (χ1n) is 10.0. The molecule has 1 unspecified atom stereocenters. The normalized spacial score (nSPS) is 17.4. The van der Waals surface area contributed by atoms with Crippen LogP contribution in [0.25, 0.3) is 22.1 Å². The Balaban J connectivity index is 1.72. The van der Waals surface area contributed by atoms with Crippen LogP contribution in [0.15, 0.2) is 22.6 Å². The Kier molecular flexibility index (Phi) is 5.39. The summed E-state index contributed by atoms with van der Waals surface area (Å²) in [5.41, 5.74) is -0.0971. The van der Waals surface area contributed by atoms with Crippen LogP contribution in [0.3, 0.4) is 0 Å². The van der Waals surface area contributed by atoms with Crippen LogP contribution in [0.5, 0.6) is 0 Å². The van der Waals surface area contributed by atoms with E-state index in [2.05, 4.69) is 9.97 Å². The molecule has 0 saturated carbocycles. The van der Waals surface area contributed by atoms with Gasteiger partial charge in [0.25, 0.3) is 0 Å². The number of hydrogen-bond donors (Lipinski definition) is 0. The Bertz CT molecular complexity index is 1190. The Morgan fingerprint density at radius 3 is 2.66 bits per heavy atom. The molecule has 0 spiro atoms. The van der Waals surface area contributed by atoms with Gasteiger partial charge in [-0.3, -0.25) is 0 Å². The van der Waals surface area contributed by atoms with Gasteiger partial charge in [-0.05, 0) is 45.4 Å². The van der Waals surface area contributed by atoms with E-state index in [0.29, 0.717) is 29.0 Å². The second-order valence-electron chi connectivity index (χ2n) is 8.77. The molecule has 0 N–H and O–H groups in total. The molecule has 1 aliphatic heterocycles. The van der Waals surface area contributed by atoms with Crippen LogP contribution in [-0.4, -0.2) is 52.7 Å². The molecule has 1 amide bonds. The van der Waals surface area contributed by atoms with Gasteiger partial charge in [0.05, 0.1) is 6.04 Å². The Hall–Kier alpha value is -2.75. The van der Waals surface area contributed by atoms with E-state index in [1.54, 1.807) is 44.9 Å². The minimum absolute atomic E-state index is 0.0368. The highest BCUT2D eigenvalue weighted by atomic mass is 35.5. The molecule has 172 valence electrons. The van der Waals surface area contributed by atoms with E-state index in [-0.39, 0.29) is 29.5 Å². The van der Waals surface area contributed by atoms with Gasteiger partial charge < -0.3 is 19.0 Å². The standard InChI is InChI=1S/C21H22ClF3N4O3/c1-20(2,3)32-19(30)28(4)12-7-8-29(10-12)17-16-15(26-18(27-17)21(23,24)25)13-9-11(22)5-6-14(13)31-16/h5-6,9,12H,7-8,10H2,1-4H3. The molecule has 2 aromatic heterocycles. The maximum Gasteiger partial charge on any atom is 0.451 e. The number of anilines is 1. The summed E-state index contributed by atoms with van der Waals surface area (Å²) in [6.45, 7) is 5.97. The predicted molar refractivity (Wildman–Crippen MR) is 114 cm³/mol. The van der Waals surface area contributed by atoms with Crippen molar-refractivity contribution in [2.24, 2.45) is 0 Å². The summed E-state index contributed by atoms with van der Waals surface area (Å²) in [6.07, 6.45) is -4.70. The molecule has 0 bridgehead atoms. The minimum Gasteiger partial charge on any atom is -0.450 e. The number of nitrogens with zero attached hydrogens (tertiary/aromatic N) is 4. The van der Waals surface area contributed by atoms with Crippen molar-refractivity contribution >= 4 is 45.6 Å². The van der Waals surface area contributed by atoms with E-state index in [9.17, 15) is 18.0 Å². The summed E-state index contributed by atoms with van der Waals surface area (Å²) in [5, 5.41) is 0.734. The molecule has 1 aromatic carbocycles. The zero-order chi connectivity index (χ0) is 23.4. The highest BCUT2D eigenvalue weighted by Crippen LogP contribution is 2.38. The molecule has 1 fully saturated rings. The van der Waals surface area contributed by atoms with Gasteiger partial charge in [0.15, 0.2) is 11.4 Å². The molecule has 1 saturated heterocycles. The number of carbonyl (C=O) groups is 1. The molecule has 3 heterocycles. The van der Waals surface area contributed by atoms with Gasteiger partial charge in [0.2, 0.25) is 5.82 Å². The van der Waals surface area contributed by atoms with Crippen molar-refractivity contribution in [1.29, 1.82) is 0 Å². The number of benzene rings is 1. The average molecular weight is 471 g/mol. The number of carbonyl (C=O) groups excluding carboxylic acids is 1. The number of hydrogen-bond acceptors (Lipinski definition) is 6. The molecule has 7 nitrogen and oxygen atoms in total. The third-order valence-corrected chi connectivity index (χ3v) is 5.44. The second-order valence-corrected chi connectivity index (χ2v) is 9.21. The lowest BCUT2D eigenvalue weighted by Gasteiger charge is -2.28. The fraction of sp³-hybridized carbons (Fsp3) is 0.476. The maximum atomic E-state index is 13.6. The van der Waals surface area contributed by atoms with Gasteiger partial charge in [0, 0.05) is 30.5 Å². The smallest absolute Gasteiger partial charge is 0.450 e. The maximum absolute atomic E-state index is 13.6. The van der Waals surface area contributed by atoms with E-state index in [0.717, 1.165) is 0 Å². The second kappa shape index (κ2) is 7.68. The number of furan rings is 1. The van der Waals surface area contributed by atoms with Gasteiger partial charge >= 0.3 is 12.3 Å². The van der Waals surface area contributed by atoms with E-state index in [4.69, 9.17) is 20.8 Å². The van der Waals surface area contributed by atoms with E-state index < -0.39 is 23.7 Å². The molecule has 1 atom stereocenters. The summed E-state index contributed by atoms with van der Waals surface area (Å²) >= 11 is 6.03. The first kappa shape index (κ1) is 22.4. The van der Waals surface area contributed by atoms with Crippen LogP contribution in [0, 0.1) is 0 Å². The number of likely N-dealkylation sites (N-methyl/N-ethyl adjacent to an activating group) is 1. The number of aromatic nitrogens is 2. The van der Waals surface area contributed by atoms with Crippen LogP contribution in [0.2, 0.25) is 5.02 Å². The van der Waals surface area contributed by atoms with Crippen molar-refractivity contribution in [3.63, 3.8) is 0 Å². The molecule has 3 aromatic rings. The van der Waals surface area contributed by atoms with Gasteiger partial charge in [-0.1, -0.05) is 11.6 Å². The lowest BCUT2D eigenvalue weighted by atomic mass is 10.2.